The van der Waals surface area contributed by atoms with Crippen LogP contribution in [0.25, 0.3) is 0 Å². The van der Waals surface area contributed by atoms with E-state index in [1.54, 1.807) is 13.8 Å². The van der Waals surface area contributed by atoms with Crippen LogP contribution in [0, 0.1) is 0 Å². The second-order valence-corrected chi connectivity index (χ2v) is 4.71. The molecule has 0 aromatic rings. The van der Waals surface area contributed by atoms with E-state index >= 15 is 0 Å². The molecular formula is C10H15NO5S. The van der Waals surface area contributed by atoms with E-state index in [4.69, 9.17) is 19.3 Å². The van der Waals surface area contributed by atoms with Crippen molar-refractivity contribution in [1.82, 2.24) is 0 Å². The molecule has 0 radical (unpaired) electrons. The first kappa shape index (κ1) is 13.0. The number of fused-ring (bicyclic) bond motifs is 1. The number of thiocarbonyl (C=S) groups is 1. The molecule has 0 saturated carbocycles. The van der Waals surface area contributed by atoms with Gasteiger partial charge in [0.1, 0.15) is 24.4 Å². The Hall–Kier alpha value is -0.400. The van der Waals surface area contributed by atoms with Crippen LogP contribution < -0.4 is 0 Å². The summed E-state index contributed by atoms with van der Waals surface area (Å²) in [4.78, 5) is 3.95. The molecule has 0 aliphatic carbocycles. The summed E-state index contributed by atoms with van der Waals surface area (Å²) in [6.45, 7) is 3.12. The predicted molar refractivity (Wildman–Crippen MR) is 60.6 cm³/mol. The molecule has 0 aromatic carbocycles. The van der Waals surface area contributed by atoms with Gasteiger partial charge in [0, 0.05) is 0 Å². The Balaban J connectivity index is 2.18. The minimum absolute atomic E-state index is 0.420. The van der Waals surface area contributed by atoms with Crippen molar-refractivity contribution in [2.24, 2.45) is 4.99 Å². The highest BCUT2D eigenvalue weighted by Gasteiger charge is 2.56. The molecule has 2 aliphatic heterocycles. The van der Waals surface area contributed by atoms with Crippen molar-refractivity contribution in [1.29, 1.82) is 0 Å². The first-order valence-corrected chi connectivity index (χ1v) is 5.76. The van der Waals surface area contributed by atoms with Crippen molar-refractivity contribution in [2.45, 2.75) is 50.3 Å². The number of ether oxygens (including phenoxy) is 3. The van der Waals surface area contributed by atoms with E-state index < -0.39 is 43.0 Å². The highest BCUT2D eigenvalue weighted by Crippen LogP contribution is 2.39. The first-order chi connectivity index (χ1) is 7.98. The second kappa shape index (κ2) is 4.70. The van der Waals surface area contributed by atoms with Crippen LogP contribution in [-0.4, -0.2) is 58.4 Å². The molecule has 0 amide bonds. The topological polar surface area (TPSA) is 80.5 Å². The molecule has 2 fully saturated rings. The summed E-state index contributed by atoms with van der Waals surface area (Å²) >= 11 is 4.57. The smallest absolute Gasteiger partial charge is 0.189 e. The summed E-state index contributed by atoms with van der Waals surface area (Å²) in [6.07, 6.45) is -2.78. The lowest BCUT2D eigenvalue weighted by molar-refractivity contribution is -0.217. The van der Waals surface area contributed by atoms with Gasteiger partial charge in [-0.1, -0.05) is 0 Å². The SMILES string of the molecule is CC1(C)O[C@H]2O[C@@H]([C@H](O)CO)[C@H](N=C=S)[C@H]2O1. The average molecular weight is 261 g/mol. The van der Waals surface area contributed by atoms with Crippen LogP contribution in [0.1, 0.15) is 13.8 Å². The van der Waals surface area contributed by atoms with E-state index in [1.165, 1.54) is 0 Å². The molecule has 0 aromatic heterocycles. The van der Waals surface area contributed by atoms with Crippen molar-refractivity contribution < 1.29 is 24.4 Å². The van der Waals surface area contributed by atoms with Gasteiger partial charge < -0.3 is 24.4 Å². The van der Waals surface area contributed by atoms with Crippen LogP contribution in [0.3, 0.4) is 0 Å². The zero-order valence-corrected chi connectivity index (χ0v) is 10.4. The van der Waals surface area contributed by atoms with Crippen molar-refractivity contribution in [3.63, 3.8) is 0 Å². The highest BCUT2D eigenvalue weighted by molar-refractivity contribution is 7.78. The monoisotopic (exact) mass is 261 g/mol. The Kier molecular flexibility index (Phi) is 3.61. The molecule has 0 spiro atoms. The van der Waals surface area contributed by atoms with Gasteiger partial charge in [-0.15, -0.1) is 0 Å². The van der Waals surface area contributed by atoms with Gasteiger partial charge in [0.15, 0.2) is 12.1 Å². The number of aliphatic hydroxyl groups excluding tert-OH is 2. The molecule has 2 aliphatic rings. The van der Waals surface area contributed by atoms with E-state index in [0.29, 0.717) is 0 Å². The number of hydrogen-bond acceptors (Lipinski definition) is 7. The summed E-state index contributed by atoms with van der Waals surface area (Å²) in [5, 5.41) is 20.8. The van der Waals surface area contributed by atoms with Gasteiger partial charge in [0.25, 0.3) is 0 Å². The summed E-state index contributed by atoms with van der Waals surface area (Å²) in [6, 6.07) is -0.513. The highest BCUT2D eigenvalue weighted by atomic mass is 32.1. The Morgan fingerprint density at radius 1 is 1.47 bits per heavy atom. The van der Waals surface area contributed by atoms with Crippen LogP contribution in [0.15, 0.2) is 4.99 Å². The van der Waals surface area contributed by atoms with Gasteiger partial charge in [0.05, 0.1) is 11.8 Å². The van der Waals surface area contributed by atoms with Gasteiger partial charge in [-0.2, -0.15) is 0 Å². The Labute approximate surface area is 104 Å². The van der Waals surface area contributed by atoms with Gasteiger partial charge in [-0.05, 0) is 26.1 Å². The molecule has 2 heterocycles. The number of isothiocyanates is 1. The van der Waals surface area contributed by atoms with E-state index in [0.717, 1.165) is 0 Å². The minimum Gasteiger partial charge on any atom is -0.394 e. The maximum atomic E-state index is 9.63. The van der Waals surface area contributed by atoms with Gasteiger partial charge >= 0.3 is 0 Å². The van der Waals surface area contributed by atoms with E-state index in [1.807, 2.05) is 0 Å². The van der Waals surface area contributed by atoms with Crippen LogP contribution in [0.5, 0.6) is 0 Å². The Morgan fingerprint density at radius 2 is 2.18 bits per heavy atom. The Bertz CT molecular complexity index is 344. The fraction of sp³-hybridized carbons (Fsp3) is 0.900. The standard InChI is InChI=1S/C10H15NO5S/c1-10(2)15-8-6(11-4-17)7(5(13)3-12)14-9(8)16-10/h5-9,12-13H,3H2,1-2H3/t5-,6+,7+,8-,9-/m1/s1. The van der Waals surface area contributed by atoms with Crippen molar-refractivity contribution >= 4 is 17.4 Å². The molecule has 5 atom stereocenters. The first-order valence-electron chi connectivity index (χ1n) is 5.35. The fourth-order valence-corrected chi connectivity index (χ4v) is 2.27. The lowest BCUT2D eigenvalue weighted by Gasteiger charge is -2.25. The van der Waals surface area contributed by atoms with Crippen LogP contribution in [-0.2, 0) is 14.2 Å². The van der Waals surface area contributed by atoms with Crippen LogP contribution in [0.2, 0.25) is 0 Å². The molecule has 6 nitrogen and oxygen atoms in total. The molecule has 96 valence electrons. The van der Waals surface area contributed by atoms with Gasteiger partial charge in [0.2, 0.25) is 0 Å². The third kappa shape index (κ3) is 2.41. The third-order valence-electron chi connectivity index (χ3n) is 2.82. The summed E-state index contributed by atoms with van der Waals surface area (Å²) in [5.74, 6) is -0.750. The number of nitrogens with zero attached hydrogens (tertiary/aromatic N) is 1. The maximum absolute atomic E-state index is 9.63. The second-order valence-electron chi connectivity index (χ2n) is 4.53. The van der Waals surface area contributed by atoms with E-state index in [-0.39, 0.29) is 0 Å². The molecule has 2 saturated heterocycles. The van der Waals surface area contributed by atoms with Gasteiger partial charge in [-0.3, -0.25) is 0 Å². The van der Waals surface area contributed by atoms with Crippen molar-refractivity contribution in [2.75, 3.05) is 6.61 Å². The van der Waals surface area contributed by atoms with Gasteiger partial charge in [-0.25, -0.2) is 4.99 Å². The van der Waals surface area contributed by atoms with Crippen molar-refractivity contribution in [3.05, 3.63) is 0 Å². The minimum atomic E-state index is -1.05. The Morgan fingerprint density at radius 3 is 2.76 bits per heavy atom. The number of hydrogen-bond donors (Lipinski definition) is 2. The lowest BCUT2D eigenvalue weighted by Crippen LogP contribution is -2.41. The van der Waals surface area contributed by atoms with Crippen molar-refractivity contribution in [3.8, 4) is 0 Å². The maximum Gasteiger partial charge on any atom is 0.189 e. The number of aliphatic hydroxyl groups is 2. The molecule has 2 rings (SSSR count). The summed E-state index contributed by atoms with van der Waals surface area (Å²) in [7, 11) is 0. The third-order valence-corrected chi connectivity index (χ3v) is 2.93. The zero-order valence-electron chi connectivity index (χ0n) is 9.57. The average Bonchev–Trinajstić information content (AvgIpc) is 2.72. The lowest BCUT2D eigenvalue weighted by atomic mass is 10.0. The molecule has 0 unspecified atom stereocenters. The fourth-order valence-electron chi connectivity index (χ4n) is 2.15. The molecular weight excluding hydrogens is 246 g/mol. The molecule has 7 heteroatoms. The van der Waals surface area contributed by atoms with Crippen LogP contribution >= 0.6 is 12.2 Å². The predicted octanol–water partition coefficient (Wildman–Crippen LogP) is -0.313. The van der Waals surface area contributed by atoms with E-state index in [9.17, 15) is 5.11 Å². The summed E-state index contributed by atoms with van der Waals surface area (Å²) in [5.41, 5.74) is 0. The normalized spacial score (nSPS) is 40.7. The zero-order chi connectivity index (χ0) is 12.6. The largest absolute Gasteiger partial charge is 0.394 e. The molecule has 2 N–H and O–H groups in total. The number of aliphatic imine (C=N–C) groups is 1. The molecule has 17 heavy (non-hydrogen) atoms. The van der Waals surface area contributed by atoms with E-state index in [2.05, 4.69) is 22.4 Å². The van der Waals surface area contributed by atoms with Crippen LogP contribution in [0.4, 0.5) is 0 Å². The quantitative estimate of drug-likeness (QED) is 0.536. The summed E-state index contributed by atoms with van der Waals surface area (Å²) < 4.78 is 16.7. The molecule has 0 bridgehead atoms. The number of rotatable bonds is 3.